The lowest BCUT2D eigenvalue weighted by Crippen LogP contribution is -2.44. The summed E-state index contributed by atoms with van der Waals surface area (Å²) in [5.74, 6) is 0.0413. The van der Waals surface area contributed by atoms with Crippen molar-refractivity contribution in [1.29, 1.82) is 0 Å². The third-order valence-electron chi connectivity index (χ3n) is 3.05. The summed E-state index contributed by atoms with van der Waals surface area (Å²) < 4.78 is 0. The standard InChI is InChI=1S/C11H17N3OS/c12-6-3-9(15)14-11(4-1-2-5-11)10-13-7-8-16-10/h7-8H,1-6,12H2,(H,14,15). The van der Waals surface area contributed by atoms with Gasteiger partial charge >= 0.3 is 0 Å². The van der Waals surface area contributed by atoms with E-state index in [1.807, 2.05) is 5.38 Å². The van der Waals surface area contributed by atoms with E-state index in [0.717, 1.165) is 30.7 Å². The molecule has 0 radical (unpaired) electrons. The number of nitrogens with zero attached hydrogens (tertiary/aromatic N) is 1. The monoisotopic (exact) mass is 239 g/mol. The van der Waals surface area contributed by atoms with Gasteiger partial charge < -0.3 is 11.1 Å². The van der Waals surface area contributed by atoms with Gasteiger partial charge in [-0.15, -0.1) is 11.3 Å². The summed E-state index contributed by atoms with van der Waals surface area (Å²) in [4.78, 5) is 16.0. The van der Waals surface area contributed by atoms with Gasteiger partial charge in [0.1, 0.15) is 5.01 Å². The molecule has 1 amide bonds. The van der Waals surface area contributed by atoms with Crippen molar-refractivity contribution in [3.63, 3.8) is 0 Å². The number of nitrogens with one attached hydrogen (secondary N) is 1. The molecule has 1 aliphatic rings. The van der Waals surface area contributed by atoms with Gasteiger partial charge in [0, 0.05) is 24.5 Å². The molecule has 0 bridgehead atoms. The summed E-state index contributed by atoms with van der Waals surface area (Å²) in [6, 6.07) is 0. The molecule has 5 heteroatoms. The van der Waals surface area contributed by atoms with Crippen LogP contribution in [0.25, 0.3) is 0 Å². The highest BCUT2D eigenvalue weighted by atomic mass is 32.1. The maximum atomic E-state index is 11.7. The van der Waals surface area contributed by atoms with Gasteiger partial charge in [-0.05, 0) is 12.8 Å². The molecule has 2 rings (SSSR count). The van der Waals surface area contributed by atoms with Crippen LogP contribution < -0.4 is 11.1 Å². The lowest BCUT2D eigenvalue weighted by molar-refractivity contribution is -0.122. The van der Waals surface area contributed by atoms with Gasteiger partial charge in [0.05, 0.1) is 5.54 Å². The number of amides is 1. The highest BCUT2D eigenvalue weighted by Crippen LogP contribution is 2.39. The Morgan fingerprint density at radius 3 is 2.88 bits per heavy atom. The highest BCUT2D eigenvalue weighted by molar-refractivity contribution is 7.09. The van der Waals surface area contributed by atoms with Crippen LogP contribution in [0.3, 0.4) is 0 Å². The van der Waals surface area contributed by atoms with Crippen LogP contribution in [0.15, 0.2) is 11.6 Å². The van der Waals surface area contributed by atoms with Gasteiger partial charge in [-0.25, -0.2) is 4.98 Å². The summed E-state index contributed by atoms with van der Waals surface area (Å²) in [5, 5.41) is 6.12. The van der Waals surface area contributed by atoms with Gasteiger partial charge in [-0.3, -0.25) is 4.79 Å². The number of rotatable bonds is 4. The summed E-state index contributed by atoms with van der Waals surface area (Å²) in [7, 11) is 0. The van der Waals surface area contributed by atoms with Gasteiger partial charge in [0.25, 0.3) is 0 Å². The molecule has 1 fully saturated rings. The van der Waals surface area contributed by atoms with Crippen LogP contribution in [-0.4, -0.2) is 17.4 Å². The summed E-state index contributed by atoms with van der Waals surface area (Å²) >= 11 is 1.62. The largest absolute Gasteiger partial charge is 0.344 e. The average Bonchev–Trinajstić information content (AvgIpc) is 2.86. The lowest BCUT2D eigenvalue weighted by atomic mass is 9.98. The maximum Gasteiger partial charge on any atom is 0.222 e. The van der Waals surface area contributed by atoms with Crippen molar-refractivity contribution in [1.82, 2.24) is 10.3 Å². The summed E-state index contributed by atoms with van der Waals surface area (Å²) in [5.41, 5.74) is 5.18. The molecule has 1 saturated carbocycles. The van der Waals surface area contributed by atoms with E-state index in [-0.39, 0.29) is 11.4 Å². The van der Waals surface area contributed by atoms with Crippen LogP contribution in [-0.2, 0) is 10.3 Å². The Hall–Kier alpha value is -0.940. The SMILES string of the molecule is NCCC(=O)NC1(c2nccs2)CCCC1. The van der Waals surface area contributed by atoms with Crippen LogP contribution in [0.1, 0.15) is 37.1 Å². The second-order valence-corrected chi connectivity index (χ2v) is 5.11. The Kier molecular flexibility index (Phi) is 3.56. The first-order valence-electron chi connectivity index (χ1n) is 5.68. The molecule has 1 aromatic heterocycles. The Morgan fingerprint density at radius 2 is 2.31 bits per heavy atom. The molecule has 0 atom stereocenters. The number of aromatic nitrogens is 1. The second-order valence-electron chi connectivity index (χ2n) is 4.21. The number of nitrogens with two attached hydrogens (primary N) is 1. The zero-order valence-corrected chi connectivity index (χ0v) is 10.1. The van der Waals surface area contributed by atoms with E-state index in [4.69, 9.17) is 5.73 Å². The van der Waals surface area contributed by atoms with E-state index in [2.05, 4.69) is 10.3 Å². The van der Waals surface area contributed by atoms with Crippen molar-refractivity contribution in [2.75, 3.05) is 6.54 Å². The zero-order chi connectivity index (χ0) is 11.4. The lowest BCUT2D eigenvalue weighted by Gasteiger charge is -2.28. The van der Waals surface area contributed by atoms with E-state index in [9.17, 15) is 4.79 Å². The molecule has 4 nitrogen and oxygen atoms in total. The van der Waals surface area contributed by atoms with Gasteiger partial charge in [-0.2, -0.15) is 0 Å². The van der Waals surface area contributed by atoms with Crippen LogP contribution in [0, 0.1) is 0 Å². The van der Waals surface area contributed by atoms with Crippen LogP contribution in [0.4, 0.5) is 0 Å². The molecule has 1 aliphatic carbocycles. The molecule has 1 heterocycles. The van der Waals surface area contributed by atoms with E-state index in [1.54, 1.807) is 17.5 Å². The first-order valence-corrected chi connectivity index (χ1v) is 6.56. The maximum absolute atomic E-state index is 11.7. The Bertz CT molecular complexity index is 344. The number of thiazole rings is 1. The first kappa shape index (κ1) is 11.5. The third kappa shape index (κ3) is 2.25. The molecule has 16 heavy (non-hydrogen) atoms. The first-order chi connectivity index (χ1) is 7.77. The highest BCUT2D eigenvalue weighted by Gasteiger charge is 2.38. The Labute approximate surface area is 99.3 Å². The van der Waals surface area contributed by atoms with Crippen molar-refractivity contribution >= 4 is 17.2 Å². The van der Waals surface area contributed by atoms with Crippen molar-refractivity contribution in [3.8, 4) is 0 Å². The molecular formula is C11H17N3OS. The number of carbonyl (C=O) groups excluding carboxylic acids is 1. The summed E-state index contributed by atoms with van der Waals surface area (Å²) in [6.45, 7) is 0.403. The minimum atomic E-state index is -0.208. The van der Waals surface area contributed by atoms with Crippen molar-refractivity contribution < 1.29 is 4.79 Å². The van der Waals surface area contributed by atoms with Crippen LogP contribution in [0.5, 0.6) is 0 Å². The number of hydrogen-bond acceptors (Lipinski definition) is 4. The average molecular weight is 239 g/mol. The fraction of sp³-hybridized carbons (Fsp3) is 0.636. The van der Waals surface area contributed by atoms with E-state index in [0.29, 0.717) is 13.0 Å². The normalized spacial score (nSPS) is 18.6. The molecule has 88 valence electrons. The molecule has 0 aliphatic heterocycles. The molecule has 0 spiro atoms. The van der Waals surface area contributed by atoms with E-state index in [1.165, 1.54) is 0 Å². The molecule has 0 saturated heterocycles. The molecule has 3 N–H and O–H groups in total. The Morgan fingerprint density at radius 1 is 1.56 bits per heavy atom. The van der Waals surface area contributed by atoms with Crippen molar-refractivity contribution in [2.24, 2.45) is 5.73 Å². The quantitative estimate of drug-likeness (QED) is 0.834. The van der Waals surface area contributed by atoms with Crippen molar-refractivity contribution in [3.05, 3.63) is 16.6 Å². The van der Waals surface area contributed by atoms with Crippen LogP contribution >= 0.6 is 11.3 Å². The minimum Gasteiger partial charge on any atom is -0.344 e. The van der Waals surface area contributed by atoms with Gasteiger partial charge in [0.2, 0.25) is 5.91 Å². The predicted octanol–water partition coefficient (Wildman–Crippen LogP) is 1.38. The predicted molar refractivity (Wildman–Crippen MR) is 64.1 cm³/mol. The summed E-state index contributed by atoms with van der Waals surface area (Å²) in [6.07, 6.45) is 6.50. The fourth-order valence-electron chi connectivity index (χ4n) is 2.29. The zero-order valence-electron chi connectivity index (χ0n) is 9.24. The van der Waals surface area contributed by atoms with E-state index < -0.39 is 0 Å². The Balaban J connectivity index is 2.13. The number of carbonyl (C=O) groups is 1. The molecule has 0 unspecified atom stereocenters. The molecule has 0 aromatic carbocycles. The van der Waals surface area contributed by atoms with Crippen molar-refractivity contribution in [2.45, 2.75) is 37.6 Å². The van der Waals surface area contributed by atoms with Gasteiger partial charge in [-0.1, -0.05) is 12.8 Å². The molecule has 1 aromatic rings. The minimum absolute atomic E-state index is 0.0413. The number of hydrogen-bond donors (Lipinski definition) is 2. The molecular weight excluding hydrogens is 222 g/mol. The van der Waals surface area contributed by atoms with Gasteiger partial charge in [0.15, 0.2) is 0 Å². The topological polar surface area (TPSA) is 68.0 Å². The second kappa shape index (κ2) is 4.93. The smallest absolute Gasteiger partial charge is 0.222 e. The van der Waals surface area contributed by atoms with Crippen LogP contribution in [0.2, 0.25) is 0 Å². The third-order valence-corrected chi connectivity index (χ3v) is 4.03. The van der Waals surface area contributed by atoms with E-state index >= 15 is 0 Å². The fourth-order valence-corrected chi connectivity index (χ4v) is 3.14.